The zero-order chi connectivity index (χ0) is 19.8. The van der Waals surface area contributed by atoms with Crippen LogP contribution in [0, 0.1) is 0 Å². The molecule has 0 N–H and O–H groups in total. The Morgan fingerprint density at radius 2 is 1.43 bits per heavy atom. The molecule has 0 amide bonds. The highest BCUT2D eigenvalue weighted by atomic mass is 32.1. The second kappa shape index (κ2) is 9.42. The summed E-state index contributed by atoms with van der Waals surface area (Å²) < 4.78 is 5.22. The first kappa shape index (κ1) is 19.2. The Morgan fingerprint density at radius 1 is 0.786 bits per heavy atom. The van der Waals surface area contributed by atoms with E-state index in [1.54, 1.807) is 18.4 Å². The molecule has 0 unspecified atom stereocenters. The van der Waals surface area contributed by atoms with Crippen LogP contribution in [0.4, 0.5) is 0 Å². The number of rotatable bonds is 4. The van der Waals surface area contributed by atoms with Crippen molar-refractivity contribution in [2.24, 2.45) is 0 Å². The lowest BCUT2D eigenvalue weighted by Gasteiger charge is -2.04. The average Bonchev–Trinajstić information content (AvgIpc) is 3.25. The molecule has 0 radical (unpaired) electrons. The molecule has 28 heavy (non-hydrogen) atoms. The van der Waals surface area contributed by atoms with E-state index in [0.29, 0.717) is 0 Å². The quantitative estimate of drug-likeness (QED) is 0.459. The van der Waals surface area contributed by atoms with Crippen molar-refractivity contribution in [2.45, 2.75) is 0 Å². The summed E-state index contributed by atoms with van der Waals surface area (Å²) in [7, 11) is 1.68. The summed E-state index contributed by atoms with van der Waals surface area (Å²) in [6.07, 6.45) is 0.250. The van der Waals surface area contributed by atoms with E-state index in [2.05, 4.69) is 53.9 Å². The predicted octanol–water partition coefficient (Wildman–Crippen LogP) is 5.57. The summed E-state index contributed by atoms with van der Waals surface area (Å²) in [5, 5.41) is 3.13. The maximum atomic E-state index is 8.12. The van der Waals surface area contributed by atoms with E-state index in [1.165, 1.54) is 11.1 Å². The topological polar surface area (TPSA) is 56.3 Å². The zero-order valence-electron chi connectivity index (χ0n) is 15.2. The Balaban J connectivity index is 0.000000706. The summed E-state index contributed by atoms with van der Waals surface area (Å²) in [5.41, 5.74) is 5.68. The minimum Gasteiger partial charge on any atom is -0.497 e. The fourth-order valence-corrected chi connectivity index (χ4v) is 3.60. The first-order valence-electron chi connectivity index (χ1n) is 8.50. The van der Waals surface area contributed by atoms with Gasteiger partial charge in [-0.15, -0.1) is 11.3 Å². The first-order chi connectivity index (χ1) is 13.7. The normalized spacial score (nSPS) is 9.75. The van der Waals surface area contributed by atoms with Gasteiger partial charge in [0.2, 0.25) is 0 Å². The van der Waals surface area contributed by atoms with Gasteiger partial charge in [0, 0.05) is 16.5 Å². The monoisotopic (exact) mass is 387 g/mol. The number of thiazole rings is 1. The largest absolute Gasteiger partial charge is 0.497 e. The molecule has 4 rings (SSSR count). The van der Waals surface area contributed by atoms with E-state index in [1.807, 2.05) is 30.3 Å². The molecule has 0 bridgehead atoms. The smallest absolute Gasteiger partial charge is 0.373 e. The van der Waals surface area contributed by atoms with Crippen molar-refractivity contribution in [3.05, 3.63) is 84.2 Å². The van der Waals surface area contributed by atoms with Gasteiger partial charge in [0.1, 0.15) is 10.8 Å². The van der Waals surface area contributed by atoms with Crippen LogP contribution < -0.4 is 4.74 Å². The highest BCUT2D eigenvalue weighted by Crippen LogP contribution is 2.31. The standard InChI is InChI=1S/C22H17NOS.CO2/c1-24-20-12-10-17(11-13-20)22-23-21(15-25-22)19-9-5-8-18(14-19)16-6-3-2-4-7-16;2-1-3/h2-15H,1H3;. The van der Waals surface area contributed by atoms with E-state index < -0.39 is 0 Å². The molecule has 4 nitrogen and oxygen atoms in total. The van der Waals surface area contributed by atoms with Crippen molar-refractivity contribution in [1.82, 2.24) is 4.98 Å². The third-order valence-electron chi connectivity index (χ3n) is 4.11. The van der Waals surface area contributed by atoms with Gasteiger partial charge in [0.25, 0.3) is 0 Å². The molecule has 5 heteroatoms. The third kappa shape index (κ3) is 4.60. The Labute approximate surface area is 167 Å². The van der Waals surface area contributed by atoms with Gasteiger partial charge in [-0.2, -0.15) is 9.59 Å². The summed E-state index contributed by atoms with van der Waals surface area (Å²) >= 11 is 1.66. The molecule has 0 fully saturated rings. The van der Waals surface area contributed by atoms with Gasteiger partial charge >= 0.3 is 6.15 Å². The molecule has 4 aromatic rings. The Bertz CT molecular complexity index is 1070. The molecule has 1 heterocycles. The average molecular weight is 387 g/mol. The van der Waals surface area contributed by atoms with Gasteiger partial charge in [0.05, 0.1) is 12.8 Å². The maximum Gasteiger partial charge on any atom is 0.373 e. The minimum atomic E-state index is 0.250. The molecule has 0 aliphatic heterocycles. The number of carbonyl (C=O) groups excluding carboxylic acids is 2. The van der Waals surface area contributed by atoms with Gasteiger partial charge in [-0.05, 0) is 41.5 Å². The molecule has 0 saturated carbocycles. The van der Waals surface area contributed by atoms with Gasteiger partial charge in [-0.25, -0.2) is 4.98 Å². The van der Waals surface area contributed by atoms with Crippen LogP contribution in [0.15, 0.2) is 84.2 Å². The van der Waals surface area contributed by atoms with Crippen LogP contribution in [-0.2, 0) is 9.59 Å². The van der Waals surface area contributed by atoms with Crippen LogP contribution in [0.1, 0.15) is 0 Å². The van der Waals surface area contributed by atoms with Crippen LogP contribution in [0.25, 0.3) is 33.0 Å². The molecule has 0 saturated heterocycles. The van der Waals surface area contributed by atoms with Crippen LogP contribution >= 0.6 is 11.3 Å². The molecule has 0 aliphatic carbocycles. The number of methoxy groups -OCH3 is 1. The van der Waals surface area contributed by atoms with Gasteiger partial charge < -0.3 is 4.74 Å². The van der Waals surface area contributed by atoms with Gasteiger partial charge in [0.15, 0.2) is 0 Å². The molecule has 0 atom stereocenters. The van der Waals surface area contributed by atoms with E-state index in [4.69, 9.17) is 19.3 Å². The van der Waals surface area contributed by atoms with Gasteiger partial charge in [-0.3, -0.25) is 0 Å². The van der Waals surface area contributed by atoms with Crippen molar-refractivity contribution in [3.8, 4) is 38.7 Å². The van der Waals surface area contributed by atoms with E-state index in [-0.39, 0.29) is 6.15 Å². The Morgan fingerprint density at radius 3 is 2.11 bits per heavy atom. The van der Waals surface area contributed by atoms with Crippen molar-refractivity contribution in [2.75, 3.05) is 7.11 Å². The van der Waals surface area contributed by atoms with Crippen LogP contribution in [0.2, 0.25) is 0 Å². The highest BCUT2D eigenvalue weighted by molar-refractivity contribution is 7.13. The number of ether oxygens (including phenoxy) is 1. The number of nitrogens with zero attached hydrogens (tertiary/aromatic N) is 1. The Kier molecular flexibility index (Phi) is 6.47. The lowest BCUT2D eigenvalue weighted by Crippen LogP contribution is -1.83. The number of hydrogen-bond donors (Lipinski definition) is 0. The summed E-state index contributed by atoms with van der Waals surface area (Å²) in [4.78, 5) is 21.1. The third-order valence-corrected chi connectivity index (χ3v) is 5.00. The fourth-order valence-electron chi connectivity index (χ4n) is 2.76. The second-order valence-corrected chi connectivity index (χ2v) is 6.65. The lowest BCUT2D eigenvalue weighted by atomic mass is 10.0. The fraction of sp³-hybridized carbons (Fsp3) is 0.0435. The first-order valence-corrected chi connectivity index (χ1v) is 9.38. The van der Waals surface area contributed by atoms with Crippen molar-refractivity contribution >= 4 is 17.5 Å². The predicted molar refractivity (Wildman–Crippen MR) is 110 cm³/mol. The molecule has 138 valence electrons. The number of benzene rings is 3. The Hall–Kier alpha value is -3.53. The number of hydrogen-bond acceptors (Lipinski definition) is 5. The van der Waals surface area contributed by atoms with Crippen molar-refractivity contribution in [3.63, 3.8) is 0 Å². The lowest BCUT2D eigenvalue weighted by molar-refractivity contribution is -0.191. The summed E-state index contributed by atoms with van der Waals surface area (Å²) in [6.45, 7) is 0. The summed E-state index contributed by atoms with van der Waals surface area (Å²) in [5.74, 6) is 0.857. The summed E-state index contributed by atoms with van der Waals surface area (Å²) in [6, 6.07) is 27.0. The second-order valence-electron chi connectivity index (χ2n) is 5.80. The molecule has 0 spiro atoms. The number of aromatic nitrogens is 1. The van der Waals surface area contributed by atoms with E-state index >= 15 is 0 Å². The van der Waals surface area contributed by atoms with Crippen LogP contribution in [-0.4, -0.2) is 18.2 Å². The van der Waals surface area contributed by atoms with Crippen LogP contribution in [0.3, 0.4) is 0 Å². The molecular weight excluding hydrogens is 370 g/mol. The minimum absolute atomic E-state index is 0.250. The maximum absolute atomic E-state index is 8.12. The van der Waals surface area contributed by atoms with E-state index in [9.17, 15) is 0 Å². The van der Waals surface area contributed by atoms with Crippen LogP contribution in [0.5, 0.6) is 5.75 Å². The molecule has 1 aromatic heterocycles. The molecular formula is C23H17NO3S. The zero-order valence-corrected chi connectivity index (χ0v) is 16.0. The SMILES string of the molecule is COc1ccc(-c2nc(-c3cccc(-c4ccccc4)c3)cs2)cc1.O=C=O. The van der Waals surface area contributed by atoms with E-state index in [0.717, 1.165) is 27.6 Å². The van der Waals surface area contributed by atoms with Crippen molar-refractivity contribution < 1.29 is 14.3 Å². The highest BCUT2D eigenvalue weighted by Gasteiger charge is 2.08. The molecule has 3 aromatic carbocycles. The molecule has 0 aliphatic rings. The van der Waals surface area contributed by atoms with Crippen molar-refractivity contribution in [1.29, 1.82) is 0 Å². The van der Waals surface area contributed by atoms with Gasteiger partial charge in [-0.1, -0.05) is 48.5 Å².